The third kappa shape index (κ3) is 6.33. The molecule has 4 rings (SSSR count). The van der Waals surface area contributed by atoms with Crippen molar-refractivity contribution in [3.8, 4) is 0 Å². The molecule has 6 nitrogen and oxygen atoms in total. The summed E-state index contributed by atoms with van der Waals surface area (Å²) in [5.41, 5.74) is 5.45. The van der Waals surface area contributed by atoms with Gasteiger partial charge in [0.1, 0.15) is 0 Å². The zero-order valence-electron chi connectivity index (χ0n) is 22.0. The number of fused-ring (bicyclic) bond motifs is 1. The lowest BCUT2D eigenvalue weighted by atomic mass is 9.87. The highest BCUT2D eigenvalue weighted by Gasteiger charge is 2.49. The van der Waals surface area contributed by atoms with Crippen molar-refractivity contribution >= 4 is 15.9 Å². The molecule has 37 heavy (non-hydrogen) atoms. The lowest BCUT2D eigenvalue weighted by Gasteiger charge is -2.37. The van der Waals surface area contributed by atoms with E-state index in [1.165, 1.54) is 4.31 Å². The molecule has 1 amide bonds. The standard InChI is InChI=1S/C27H40F3N3O3S/c1-26(2,3)14-23(31)25(34)33(15-18-6-4-5-7-18)24-13-8-19-16-32(17-22(19)24)37(35,36)21-11-9-20(10-12-21)27(28,29)30/h9-12,18-19,22-24H,4-8,13-17,31H2,1-3H3/t19-,22+,23+,24+/m1/s1. The molecule has 1 saturated heterocycles. The fourth-order valence-corrected chi connectivity index (χ4v) is 8.10. The van der Waals surface area contributed by atoms with Crippen molar-refractivity contribution in [1.82, 2.24) is 9.21 Å². The first kappa shape index (κ1) is 28.4. The number of benzene rings is 1. The van der Waals surface area contributed by atoms with Crippen molar-refractivity contribution in [2.45, 2.75) is 88.9 Å². The smallest absolute Gasteiger partial charge is 0.338 e. The highest BCUT2D eigenvalue weighted by Crippen LogP contribution is 2.43. The quantitative estimate of drug-likeness (QED) is 0.531. The number of hydrogen-bond acceptors (Lipinski definition) is 4. The molecule has 2 aliphatic carbocycles. The average molecular weight is 544 g/mol. The van der Waals surface area contributed by atoms with Crippen LogP contribution in [-0.2, 0) is 21.0 Å². The number of halogens is 3. The maximum atomic E-state index is 13.7. The van der Waals surface area contributed by atoms with E-state index in [1.54, 1.807) is 0 Å². The lowest BCUT2D eigenvalue weighted by Crippen LogP contribution is -2.53. The number of carbonyl (C=O) groups excluding carboxylic acids is 1. The van der Waals surface area contributed by atoms with Gasteiger partial charge in [-0.2, -0.15) is 17.5 Å². The molecule has 3 aliphatic rings. The van der Waals surface area contributed by atoms with Gasteiger partial charge in [-0.05, 0) is 79.5 Å². The van der Waals surface area contributed by atoms with Crippen molar-refractivity contribution in [1.29, 1.82) is 0 Å². The Bertz CT molecular complexity index is 1060. The first-order valence-electron chi connectivity index (χ1n) is 13.4. The minimum Gasteiger partial charge on any atom is -0.338 e. The Labute approximate surface area is 218 Å². The third-order valence-electron chi connectivity index (χ3n) is 8.37. The number of nitrogens with two attached hydrogens (primary N) is 1. The fourth-order valence-electron chi connectivity index (χ4n) is 6.56. The first-order chi connectivity index (χ1) is 17.2. The van der Waals surface area contributed by atoms with Crippen LogP contribution in [0, 0.1) is 23.2 Å². The van der Waals surface area contributed by atoms with E-state index in [1.807, 2.05) is 4.90 Å². The van der Waals surface area contributed by atoms with E-state index >= 15 is 0 Å². The number of hydrogen-bond donors (Lipinski definition) is 1. The predicted octanol–water partition coefficient (Wildman–Crippen LogP) is 4.89. The Balaban J connectivity index is 1.52. The van der Waals surface area contributed by atoms with Crippen molar-refractivity contribution in [3.05, 3.63) is 29.8 Å². The van der Waals surface area contributed by atoms with Gasteiger partial charge in [0.2, 0.25) is 15.9 Å². The zero-order valence-corrected chi connectivity index (χ0v) is 22.8. The van der Waals surface area contributed by atoms with E-state index in [4.69, 9.17) is 5.73 Å². The Hall–Kier alpha value is -1.65. The second-order valence-electron chi connectivity index (χ2n) is 12.4. The molecule has 4 atom stereocenters. The van der Waals surface area contributed by atoms with E-state index in [-0.39, 0.29) is 40.6 Å². The molecule has 0 radical (unpaired) electrons. The van der Waals surface area contributed by atoms with E-state index in [9.17, 15) is 26.4 Å². The van der Waals surface area contributed by atoms with Gasteiger partial charge in [-0.15, -0.1) is 0 Å². The predicted molar refractivity (Wildman–Crippen MR) is 136 cm³/mol. The van der Waals surface area contributed by atoms with Crippen molar-refractivity contribution in [2.24, 2.45) is 28.9 Å². The molecule has 2 N–H and O–H groups in total. The molecule has 2 saturated carbocycles. The molecule has 0 unspecified atom stereocenters. The lowest BCUT2D eigenvalue weighted by molar-refractivity contribution is -0.138. The second-order valence-corrected chi connectivity index (χ2v) is 14.4. The minimum absolute atomic E-state index is 0.00332. The molecule has 0 spiro atoms. The van der Waals surface area contributed by atoms with Crippen LogP contribution in [0.25, 0.3) is 0 Å². The van der Waals surface area contributed by atoms with Crippen LogP contribution in [0.1, 0.15) is 71.3 Å². The first-order valence-corrected chi connectivity index (χ1v) is 14.8. The van der Waals surface area contributed by atoms with Gasteiger partial charge in [-0.1, -0.05) is 33.6 Å². The normalized spacial score (nSPS) is 26.4. The van der Waals surface area contributed by atoms with E-state index in [2.05, 4.69) is 20.8 Å². The Kier molecular flexibility index (Phi) is 8.04. The monoisotopic (exact) mass is 543 g/mol. The number of amides is 1. The minimum atomic E-state index is -4.52. The Morgan fingerprint density at radius 3 is 2.24 bits per heavy atom. The topological polar surface area (TPSA) is 83.7 Å². The fraction of sp³-hybridized carbons (Fsp3) is 0.741. The van der Waals surface area contributed by atoms with Gasteiger partial charge in [0, 0.05) is 25.7 Å². The van der Waals surface area contributed by atoms with Crippen LogP contribution in [0.4, 0.5) is 13.2 Å². The highest BCUT2D eigenvalue weighted by molar-refractivity contribution is 7.89. The molecule has 0 bridgehead atoms. The maximum absolute atomic E-state index is 13.7. The Morgan fingerprint density at radius 2 is 1.68 bits per heavy atom. The van der Waals surface area contributed by atoms with Crippen molar-refractivity contribution < 1.29 is 26.4 Å². The van der Waals surface area contributed by atoms with Crippen LogP contribution in [0.15, 0.2) is 29.2 Å². The molecule has 1 aromatic rings. The van der Waals surface area contributed by atoms with Crippen molar-refractivity contribution in [3.63, 3.8) is 0 Å². The van der Waals surface area contributed by atoms with Crippen LogP contribution < -0.4 is 5.73 Å². The summed E-state index contributed by atoms with van der Waals surface area (Å²) >= 11 is 0. The summed E-state index contributed by atoms with van der Waals surface area (Å²) in [7, 11) is -3.94. The van der Waals surface area contributed by atoms with E-state index in [0.29, 0.717) is 25.4 Å². The van der Waals surface area contributed by atoms with Gasteiger partial charge >= 0.3 is 6.18 Å². The molecule has 3 fully saturated rings. The summed E-state index contributed by atoms with van der Waals surface area (Å²) in [6, 6.07) is 3.01. The molecule has 1 aliphatic heterocycles. The Morgan fingerprint density at radius 1 is 1.05 bits per heavy atom. The van der Waals surface area contributed by atoms with Crippen LogP contribution in [0.5, 0.6) is 0 Å². The van der Waals surface area contributed by atoms with Gasteiger partial charge in [0.25, 0.3) is 0 Å². The number of carbonyl (C=O) groups is 1. The molecule has 10 heteroatoms. The summed E-state index contributed by atoms with van der Waals surface area (Å²) < 4.78 is 66.9. The SMILES string of the molecule is CC(C)(C)C[C@H](N)C(=O)N(CC1CCCC1)[C@H]1CC[C@@H]2CN(S(=O)(=O)c3ccc(C(F)(F)F)cc3)C[C@@H]21. The molecular weight excluding hydrogens is 503 g/mol. The van der Waals surface area contributed by atoms with Crippen LogP contribution in [0.3, 0.4) is 0 Å². The number of sulfonamides is 1. The molecular formula is C27H40F3N3O3S. The van der Waals surface area contributed by atoms with E-state index < -0.39 is 27.8 Å². The second kappa shape index (κ2) is 10.5. The number of nitrogens with zero attached hydrogens (tertiary/aromatic N) is 2. The van der Waals surface area contributed by atoms with Crippen LogP contribution in [0.2, 0.25) is 0 Å². The van der Waals surface area contributed by atoms with Crippen molar-refractivity contribution in [2.75, 3.05) is 19.6 Å². The summed E-state index contributed by atoms with van der Waals surface area (Å²) in [6.45, 7) is 7.44. The van der Waals surface area contributed by atoms with Gasteiger partial charge in [-0.3, -0.25) is 4.79 Å². The van der Waals surface area contributed by atoms with Gasteiger partial charge < -0.3 is 10.6 Å². The highest BCUT2D eigenvalue weighted by atomic mass is 32.2. The maximum Gasteiger partial charge on any atom is 0.416 e. The zero-order chi connectivity index (χ0) is 27.2. The number of alkyl halides is 3. The van der Waals surface area contributed by atoms with Gasteiger partial charge in [-0.25, -0.2) is 8.42 Å². The molecule has 208 valence electrons. The average Bonchev–Trinajstić information content (AvgIpc) is 3.53. The molecule has 1 heterocycles. The summed E-state index contributed by atoms with van der Waals surface area (Å²) in [4.78, 5) is 15.5. The van der Waals surface area contributed by atoms with Crippen LogP contribution >= 0.6 is 0 Å². The summed E-state index contributed by atoms with van der Waals surface area (Å²) in [5, 5.41) is 0. The number of rotatable bonds is 7. The van der Waals surface area contributed by atoms with Crippen LogP contribution in [-0.4, -0.2) is 55.2 Å². The summed E-state index contributed by atoms with van der Waals surface area (Å²) in [5.74, 6) is 0.512. The van der Waals surface area contributed by atoms with E-state index in [0.717, 1.165) is 62.8 Å². The molecule has 1 aromatic carbocycles. The largest absolute Gasteiger partial charge is 0.416 e. The summed E-state index contributed by atoms with van der Waals surface area (Å²) in [6.07, 6.45) is 2.20. The van der Waals surface area contributed by atoms with Gasteiger partial charge in [0.05, 0.1) is 16.5 Å². The van der Waals surface area contributed by atoms with Gasteiger partial charge in [0.15, 0.2) is 0 Å². The molecule has 0 aromatic heterocycles. The third-order valence-corrected chi connectivity index (χ3v) is 10.2.